The summed E-state index contributed by atoms with van der Waals surface area (Å²) in [6.07, 6.45) is 5.98. The van der Waals surface area contributed by atoms with Crippen molar-refractivity contribution in [2.75, 3.05) is 27.7 Å². The number of pyridine rings is 1. The quantitative estimate of drug-likeness (QED) is 0.524. The first kappa shape index (κ1) is 17.0. The summed E-state index contributed by atoms with van der Waals surface area (Å²) in [4.78, 5) is 6.82. The number of benzene rings is 1. The molecule has 4 aromatic rings. The van der Waals surface area contributed by atoms with Gasteiger partial charge in [0.2, 0.25) is 0 Å². The molecular formula is C20H22N4OS. The molecule has 0 N–H and O–H groups in total. The van der Waals surface area contributed by atoms with Gasteiger partial charge in [0.15, 0.2) is 0 Å². The molecule has 3 aromatic heterocycles. The van der Waals surface area contributed by atoms with E-state index in [1.54, 1.807) is 18.4 Å². The van der Waals surface area contributed by atoms with Gasteiger partial charge in [-0.1, -0.05) is 0 Å². The lowest BCUT2D eigenvalue weighted by Crippen LogP contribution is -2.22. The second-order valence-corrected chi connectivity index (χ2v) is 7.76. The second kappa shape index (κ2) is 6.70. The van der Waals surface area contributed by atoms with Gasteiger partial charge in [-0.15, -0.1) is 11.3 Å². The van der Waals surface area contributed by atoms with Crippen molar-refractivity contribution in [2.45, 2.75) is 13.0 Å². The number of methoxy groups -OCH3 is 1. The van der Waals surface area contributed by atoms with Gasteiger partial charge in [0.25, 0.3) is 0 Å². The molecular weight excluding hydrogens is 344 g/mol. The molecule has 0 aliphatic carbocycles. The van der Waals surface area contributed by atoms with Crippen LogP contribution in [0, 0.1) is 0 Å². The highest BCUT2D eigenvalue weighted by Crippen LogP contribution is 2.40. The first-order valence-corrected chi connectivity index (χ1v) is 9.48. The first-order valence-electron chi connectivity index (χ1n) is 8.60. The fraction of sp³-hybridized carbons (Fsp3) is 0.300. The number of nitrogens with zero attached hydrogens (tertiary/aromatic N) is 4. The summed E-state index contributed by atoms with van der Waals surface area (Å²) in [5.41, 5.74) is 3.09. The highest BCUT2D eigenvalue weighted by atomic mass is 32.1. The van der Waals surface area contributed by atoms with E-state index in [9.17, 15) is 0 Å². The maximum atomic E-state index is 5.70. The molecule has 1 aromatic carbocycles. The summed E-state index contributed by atoms with van der Waals surface area (Å²) in [7, 11) is 5.87. The Bertz CT molecular complexity index is 1070. The average Bonchev–Trinajstić information content (AvgIpc) is 3.29. The zero-order chi connectivity index (χ0) is 18.3. The minimum atomic E-state index is 0.291. The highest BCUT2D eigenvalue weighted by Gasteiger charge is 2.17. The number of hydrogen-bond donors (Lipinski definition) is 0. The third kappa shape index (κ3) is 2.85. The number of fused-ring (bicyclic) bond motifs is 3. The Balaban J connectivity index is 1.93. The predicted octanol–water partition coefficient (Wildman–Crippen LogP) is 4.44. The highest BCUT2D eigenvalue weighted by molar-refractivity contribution is 7.17. The van der Waals surface area contributed by atoms with Crippen LogP contribution in [0.2, 0.25) is 0 Å². The molecule has 1 unspecified atom stereocenters. The third-order valence-corrected chi connectivity index (χ3v) is 5.47. The normalized spacial score (nSPS) is 13.0. The largest absolute Gasteiger partial charge is 0.496 e. The topological polar surface area (TPSA) is 43.2 Å². The van der Waals surface area contributed by atoms with Crippen molar-refractivity contribution in [3.8, 4) is 16.9 Å². The van der Waals surface area contributed by atoms with Crippen molar-refractivity contribution in [3.63, 3.8) is 0 Å². The molecule has 3 heterocycles. The van der Waals surface area contributed by atoms with E-state index in [-0.39, 0.29) is 0 Å². The zero-order valence-electron chi connectivity index (χ0n) is 15.4. The monoisotopic (exact) mass is 366 g/mol. The first-order chi connectivity index (χ1) is 12.6. The summed E-state index contributed by atoms with van der Waals surface area (Å²) in [6, 6.07) is 6.46. The van der Waals surface area contributed by atoms with Crippen LogP contribution < -0.4 is 4.74 Å². The fourth-order valence-electron chi connectivity index (χ4n) is 3.49. The standard InChI is InChI=1S/C20H22N4OS/c1-13(11-23(2)3)24-12-14(9-22-24)19-17(25-4)6-5-16-20(19)15-7-8-26-18(15)10-21-16/h5-10,12-13H,11H2,1-4H3. The summed E-state index contributed by atoms with van der Waals surface area (Å²) in [5, 5.41) is 9.06. The minimum absolute atomic E-state index is 0.291. The van der Waals surface area contributed by atoms with Crippen molar-refractivity contribution in [1.82, 2.24) is 19.7 Å². The molecule has 0 fully saturated rings. The lowest BCUT2D eigenvalue weighted by Gasteiger charge is -2.17. The smallest absolute Gasteiger partial charge is 0.127 e. The van der Waals surface area contributed by atoms with E-state index >= 15 is 0 Å². The van der Waals surface area contributed by atoms with Gasteiger partial charge in [0, 0.05) is 40.8 Å². The molecule has 0 saturated carbocycles. The molecule has 1 atom stereocenters. The van der Waals surface area contributed by atoms with Crippen LogP contribution in [0.4, 0.5) is 0 Å². The van der Waals surface area contributed by atoms with Gasteiger partial charge in [0.05, 0.1) is 29.6 Å². The Hall–Kier alpha value is -2.44. The van der Waals surface area contributed by atoms with Crippen LogP contribution in [0.1, 0.15) is 13.0 Å². The van der Waals surface area contributed by atoms with Crippen LogP contribution in [0.3, 0.4) is 0 Å². The van der Waals surface area contributed by atoms with Gasteiger partial charge in [-0.25, -0.2) is 0 Å². The Labute approximate surface area is 156 Å². The van der Waals surface area contributed by atoms with Crippen LogP contribution in [-0.2, 0) is 0 Å². The van der Waals surface area contributed by atoms with Gasteiger partial charge in [-0.3, -0.25) is 9.67 Å². The van der Waals surface area contributed by atoms with Crippen molar-refractivity contribution in [2.24, 2.45) is 0 Å². The van der Waals surface area contributed by atoms with Gasteiger partial charge in [0.1, 0.15) is 5.75 Å². The number of aromatic nitrogens is 3. The van der Waals surface area contributed by atoms with E-state index in [4.69, 9.17) is 4.74 Å². The molecule has 0 spiro atoms. The molecule has 0 saturated heterocycles. The predicted molar refractivity (Wildman–Crippen MR) is 108 cm³/mol. The van der Waals surface area contributed by atoms with Gasteiger partial charge in [-0.05, 0) is 44.6 Å². The molecule has 0 amide bonds. The maximum absolute atomic E-state index is 5.70. The molecule has 26 heavy (non-hydrogen) atoms. The van der Waals surface area contributed by atoms with E-state index in [0.29, 0.717) is 6.04 Å². The van der Waals surface area contributed by atoms with Crippen molar-refractivity contribution < 1.29 is 4.74 Å². The van der Waals surface area contributed by atoms with E-state index in [1.165, 1.54) is 10.1 Å². The SMILES string of the molecule is COc1ccc2ncc3sccc3c2c1-c1cnn(C(C)CN(C)C)c1. The van der Waals surface area contributed by atoms with Crippen LogP contribution >= 0.6 is 11.3 Å². The summed E-state index contributed by atoms with van der Waals surface area (Å²) in [6.45, 7) is 3.11. The summed E-state index contributed by atoms with van der Waals surface area (Å²) in [5.74, 6) is 0.845. The Kier molecular flexibility index (Phi) is 4.38. The minimum Gasteiger partial charge on any atom is -0.496 e. The molecule has 134 valence electrons. The Morgan fingerprint density at radius 1 is 1.23 bits per heavy atom. The Morgan fingerprint density at radius 3 is 2.85 bits per heavy atom. The number of hydrogen-bond acceptors (Lipinski definition) is 5. The summed E-state index contributed by atoms with van der Waals surface area (Å²) < 4.78 is 8.90. The number of rotatable bonds is 5. The molecule has 0 aliphatic rings. The van der Waals surface area contributed by atoms with E-state index in [2.05, 4.69) is 53.6 Å². The van der Waals surface area contributed by atoms with Crippen LogP contribution in [0.15, 0.2) is 42.2 Å². The fourth-order valence-corrected chi connectivity index (χ4v) is 4.25. The third-order valence-electron chi connectivity index (χ3n) is 4.62. The second-order valence-electron chi connectivity index (χ2n) is 6.81. The lowest BCUT2D eigenvalue weighted by molar-refractivity contribution is 0.322. The van der Waals surface area contributed by atoms with Gasteiger partial charge in [-0.2, -0.15) is 5.10 Å². The van der Waals surface area contributed by atoms with Crippen LogP contribution in [0.5, 0.6) is 5.75 Å². The molecule has 0 aliphatic heterocycles. The lowest BCUT2D eigenvalue weighted by atomic mass is 9.99. The number of ether oxygens (including phenoxy) is 1. The van der Waals surface area contributed by atoms with E-state index in [0.717, 1.165) is 34.3 Å². The zero-order valence-corrected chi connectivity index (χ0v) is 16.2. The molecule has 5 nitrogen and oxygen atoms in total. The van der Waals surface area contributed by atoms with Crippen LogP contribution in [-0.4, -0.2) is 47.4 Å². The van der Waals surface area contributed by atoms with Gasteiger partial charge >= 0.3 is 0 Å². The average molecular weight is 366 g/mol. The maximum Gasteiger partial charge on any atom is 0.127 e. The van der Waals surface area contributed by atoms with Crippen molar-refractivity contribution >= 4 is 32.3 Å². The summed E-state index contributed by atoms with van der Waals surface area (Å²) >= 11 is 1.71. The molecule has 0 radical (unpaired) electrons. The molecule has 4 rings (SSSR count). The Morgan fingerprint density at radius 2 is 2.08 bits per heavy atom. The van der Waals surface area contributed by atoms with E-state index < -0.39 is 0 Å². The van der Waals surface area contributed by atoms with E-state index in [1.807, 2.05) is 29.2 Å². The van der Waals surface area contributed by atoms with Crippen LogP contribution in [0.25, 0.3) is 32.1 Å². The number of thiophene rings is 1. The number of likely N-dealkylation sites (N-methyl/N-ethyl adjacent to an activating group) is 1. The molecule has 0 bridgehead atoms. The molecule has 6 heteroatoms. The van der Waals surface area contributed by atoms with Crippen molar-refractivity contribution in [1.29, 1.82) is 0 Å². The van der Waals surface area contributed by atoms with Crippen molar-refractivity contribution in [3.05, 3.63) is 42.2 Å². The van der Waals surface area contributed by atoms with Gasteiger partial charge < -0.3 is 9.64 Å².